The minimum absolute atomic E-state index is 0.116. The van der Waals surface area contributed by atoms with Crippen molar-refractivity contribution >= 4 is 5.91 Å². The van der Waals surface area contributed by atoms with Gasteiger partial charge in [-0.2, -0.15) is 0 Å². The monoisotopic (exact) mass is 192 g/mol. The quantitative estimate of drug-likeness (QED) is 0.769. The van der Waals surface area contributed by atoms with Crippen molar-refractivity contribution in [1.29, 1.82) is 0 Å². The van der Waals surface area contributed by atoms with E-state index in [0.717, 1.165) is 11.1 Å². The average molecular weight is 192 g/mol. The molecule has 0 fully saturated rings. The van der Waals surface area contributed by atoms with Crippen LogP contribution in [-0.4, -0.2) is 24.9 Å². The number of nitrogens with zero attached hydrogens (tertiary/aromatic N) is 1. The molecule has 1 rings (SSSR count). The molecule has 1 aromatic rings. The van der Waals surface area contributed by atoms with Crippen LogP contribution in [0, 0.1) is 0 Å². The van der Waals surface area contributed by atoms with E-state index < -0.39 is 0 Å². The summed E-state index contributed by atoms with van der Waals surface area (Å²) in [6.45, 7) is 0.544. The van der Waals surface area contributed by atoms with E-state index in [1.807, 2.05) is 24.3 Å². The number of hydrogen-bond donors (Lipinski definition) is 1. The number of carbonyl (C=O) groups is 1. The van der Waals surface area contributed by atoms with Crippen molar-refractivity contribution < 1.29 is 4.79 Å². The van der Waals surface area contributed by atoms with Crippen LogP contribution in [0.2, 0.25) is 0 Å². The van der Waals surface area contributed by atoms with Gasteiger partial charge in [0.1, 0.15) is 0 Å². The standard InChI is InChI=1S/C11H16N2O/c1-13(2)11(14)7-9-3-5-10(8-12)6-4-9/h3-6H,7-8,12H2,1-2H3. The van der Waals surface area contributed by atoms with Crippen molar-refractivity contribution in [2.24, 2.45) is 5.73 Å². The second-order valence-electron chi connectivity index (χ2n) is 3.49. The van der Waals surface area contributed by atoms with Gasteiger partial charge in [-0.3, -0.25) is 4.79 Å². The minimum atomic E-state index is 0.116. The summed E-state index contributed by atoms with van der Waals surface area (Å²) in [6, 6.07) is 7.81. The molecule has 0 heterocycles. The Morgan fingerprint density at radius 2 is 1.71 bits per heavy atom. The Balaban J connectivity index is 2.64. The summed E-state index contributed by atoms with van der Waals surface area (Å²) >= 11 is 0. The Morgan fingerprint density at radius 3 is 2.14 bits per heavy atom. The highest BCUT2D eigenvalue weighted by Crippen LogP contribution is 2.05. The van der Waals surface area contributed by atoms with Crippen molar-refractivity contribution in [2.45, 2.75) is 13.0 Å². The van der Waals surface area contributed by atoms with Crippen LogP contribution in [0.1, 0.15) is 11.1 Å². The van der Waals surface area contributed by atoms with E-state index in [2.05, 4.69) is 0 Å². The molecule has 3 nitrogen and oxygen atoms in total. The topological polar surface area (TPSA) is 46.3 Å². The van der Waals surface area contributed by atoms with Gasteiger partial charge in [-0.25, -0.2) is 0 Å². The normalized spacial score (nSPS) is 9.93. The fourth-order valence-electron chi connectivity index (χ4n) is 1.13. The van der Waals surface area contributed by atoms with Gasteiger partial charge in [-0.05, 0) is 11.1 Å². The second kappa shape index (κ2) is 4.77. The van der Waals surface area contributed by atoms with Crippen LogP contribution in [0.25, 0.3) is 0 Å². The first-order chi connectivity index (χ1) is 6.63. The Bertz CT molecular complexity index is 304. The third kappa shape index (κ3) is 2.85. The van der Waals surface area contributed by atoms with E-state index in [0.29, 0.717) is 13.0 Å². The van der Waals surface area contributed by atoms with Crippen molar-refractivity contribution in [2.75, 3.05) is 14.1 Å². The minimum Gasteiger partial charge on any atom is -0.349 e. The summed E-state index contributed by atoms with van der Waals surface area (Å²) in [4.78, 5) is 13.0. The third-order valence-electron chi connectivity index (χ3n) is 2.11. The molecular formula is C11H16N2O. The van der Waals surface area contributed by atoms with Gasteiger partial charge in [0.15, 0.2) is 0 Å². The highest BCUT2D eigenvalue weighted by atomic mass is 16.2. The van der Waals surface area contributed by atoms with Crippen LogP contribution in [0.15, 0.2) is 24.3 Å². The molecule has 2 N–H and O–H groups in total. The Kier molecular flexibility index (Phi) is 3.65. The van der Waals surface area contributed by atoms with Gasteiger partial charge in [-0.15, -0.1) is 0 Å². The molecule has 1 aromatic carbocycles. The van der Waals surface area contributed by atoms with Gasteiger partial charge in [-0.1, -0.05) is 24.3 Å². The molecule has 3 heteroatoms. The molecule has 0 spiro atoms. The summed E-state index contributed by atoms with van der Waals surface area (Å²) in [5.41, 5.74) is 7.59. The summed E-state index contributed by atoms with van der Waals surface area (Å²) in [5.74, 6) is 0.116. The van der Waals surface area contributed by atoms with E-state index in [1.165, 1.54) is 0 Å². The van der Waals surface area contributed by atoms with E-state index >= 15 is 0 Å². The predicted molar refractivity (Wildman–Crippen MR) is 56.7 cm³/mol. The largest absolute Gasteiger partial charge is 0.349 e. The number of rotatable bonds is 3. The molecule has 14 heavy (non-hydrogen) atoms. The van der Waals surface area contributed by atoms with Crippen molar-refractivity contribution in [3.8, 4) is 0 Å². The van der Waals surface area contributed by atoms with Gasteiger partial charge >= 0.3 is 0 Å². The van der Waals surface area contributed by atoms with Gasteiger partial charge in [0.2, 0.25) is 5.91 Å². The molecule has 0 saturated carbocycles. The fraction of sp³-hybridized carbons (Fsp3) is 0.364. The first kappa shape index (κ1) is 10.7. The maximum Gasteiger partial charge on any atom is 0.226 e. The van der Waals surface area contributed by atoms with Crippen LogP contribution in [0.3, 0.4) is 0 Å². The predicted octanol–water partition coefficient (Wildman–Crippen LogP) is 0.776. The first-order valence-corrected chi connectivity index (χ1v) is 4.61. The lowest BCUT2D eigenvalue weighted by molar-refractivity contribution is -0.127. The number of nitrogens with two attached hydrogens (primary N) is 1. The number of amides is 1. The van der Waals surface area contributed by atoms with Crippen LogP contribution in [0.4, 0.5) is 0 Å². The SMILES string of the molecule is CN(C)C(=O)Cc1ccc(CN)cc1. The van der Waals surface area contributed by atoms with Crippen LogP contribution >= 0.6 is 0 Å². The van der Waals surface area contributed by atoms with Crippen LogP contribution < -0.4 is 5.73 Å². The lowest BCUT2D eigenvalue weighted by atomic mass is 10.1. The molecule has 0 bridgehead atoms. The van der Waals surface area contributed by atoms with Crippen molar-refractivity contribution in [3.63, 3.8) is 0 Å². The fourth-order valence-corrected chi connectivity index (χ4v) is 1.13. The van der Waals surface area contributed by atoms with Crippen LogP contribution in [-0.2, 0) is 17.8 Å². The third-order valence-corrected chi connectivity index (χ3v) is 2.11. The van der Waals surface area contributed by atoms with Gasteiger partial charge in [0, 0.05) is 20.6 Å². The van der Waals surface area contributed by atoms with E-state index in [4.69, 9.17) is 5.73 Å². The molecule has 0 aliphatic rings. The highest BCUT2D eigenvalue weighted by Gasteiger charge is 2.04. The summed E-state index contributed by atoms with van der Waals surface area (Å²) in [7, 11) is 3.52. The zero-order chi connectivity index (χ0) is 10.6. The molecule has 0 atom stereocenters. The Morgan fingerprint density at radius 1 is 1.21 bits per heavy atom. The molecule has 76 valence electrons. The smallest absolute Gasteiger partial charge is 0.226 e. The Labute approximate surface area is 84.5 Å². The number of hydrogen-bond acceptors (Lipinski definition) is 2. The second-order valence-corrected chi connectivity index (χ2v) is 3.49. The maximum absolute atomic E-state index is 11.4. The van der Waals surface area contributed by atoms with E-state index in [-0.39, 0.29) is 5.91 Å². The number of likely N-dealkylation sites (N-methyl/N-ethyl adjacent to an activating group) is 1. The molecule has 0 unspecified atom stereocenters. The molecule has 0 aliphatic heterocycles. The summed E-state index contributed by atoms with van der Waals surface area (Å²) in [6.07, 6.45) is 0.456. The lowest BCUT2D eigenvalue weighted by Gasteiger charge is -2.10. The highest BCUT2D eigenvalue weighted by molar-refractivity contribution is 5.78. The van der Waals surface area contributed by atoms with E-state index in [1.54, 1.807) is 19.0 Å². The van der Waals surface area contributed by atoms with E-state index in [9.17, 15) is 4.79 Å². The molecule has 0 radical (unpaired) electrons. The zero-order valence-corrected chi connectivity index (χ0v) is 8.66. The molecule has 0 aliphatic carbocycles. The van der Waals surface area contributed by atoms with Crippen molar-refractivity contribution in [1.82, 2.24) is 4.90 Å². The first-order valence-electron chi connectivity index (χ1n) is 4.61. The van der Waals surface area contributed by atoms with Gasteiger partial charge in [0.25, 0.3) is 0 Å². The summed E-state index contributed by atoms with van der Waals surface area (Å²) in [5, 5.41) is 0. The number of carbonyl (C=O) groups excluding carboxylic acids is 1. The van der Waals surface area contributed by atoms with Crippen molar-refractivity contribution in [3.05, 3.63) is 35.4 Å². The number of benzene rings is 1. The Hall–Kier alpha value is -1.35. The molecule has 0 aromatic heterocycles. The van der Waals surface area contributed by atoms with Gasteiger partial charge < -0.3 is 10.6 Å². The summed E-state index contributed by atoms with van der Waals surface area (Å²) < 4.78 is 0. The lowest BCUT2D eigenvalue weighted by Crippen LogP contribution is -2.23. The van der Waals surface area contributed by atoms with Crippen LogP contribution in [0.5, 0.6) is 0 Å². The molecule has 0 saturated heterocycles. The molecule has 1 amide bonds. The van der Waals surface area contributed by atoms with Gasteiger partial charge in [0.05, 0.1) is 6.42 Å². The average Bonchev–Trinajstić information content (AvgIpc) is 2.19. The zero-order valence-electron chi connectivity index (χ0n) is 8.66. The maximum atomic E-state index is 11.4. The molecular weight excluding hydrogens is 176 g/mol.